The number of nitrogens with zero attached hydrogens (tertiary/aromatic N) is 2. The number of nitrogens with one attached hydrogen (secondary N) is 1. The minimum Gasteiger partial charge on any atom is -0.362 e. The Labute approximate surface area is 219 Å². The first-order valence-corrected chi connectivity index (χ1v) is 12.8. The molecule has 2 heterocycles. The van der Waals surface area contributed by atoms with Gasteiger partial charge in [0.05, 0.1) is 16.1 Å². The number of thioether (sulfide) groups is 1. The van der Waals surface area contributed by atoms with Gasteiger partial charge in [-0.05, 0) is 80.4 Å². The van der Waals surface area contributed by atoms with Gasteiger partial charge in [-0.2, -0.15) is 0 Å². The molecular formula is C27H27ClFN3O3S. The number of rotatable bonds is 6. The van der Waals surface area contributed by atoms with Crippen LogP contribution in [0.5, 0.6) is 0 Å². The minimum absolute atomic E-state index is 0.0189. The van der Waals surface area contributed by atoms with Crippen molar-refractivity contribution in [2.75, 3.05) is 23.3 Å². The van der Waals surface area contributed by atoms with Crippen molar-refractivity contribution in [2.45, 2.75) is 39.7 Å². The van der Waals surface area contributed by atoms with Gasteiger partial charge in [0.25, 0.3) is 11.1 Å². The Morgan fingerprint density at radius 2 is 1.94 bits per heavy atom. The Balaban J connectivity index is 1.58. The van der Waals surface area contributed by atoms with Gasteiger partial charge in [-0.25, -0.2) is 4.39 Å². The fraction of sp³-hybridized carbons (Fsp3) is 0.296. The number of hydrogen-bond acceptors (Lipinski definition) is 5. The van der Waals surface area contributed by atoms with Crippen LogP contribution in [0.4, 0.5) is 20.6 Å². The zero-order chi connectivity index (χ0) is 26.2. The van der Waals surface area contributed by atoms with Crippen LogP contribution in [0.15, 0.2) is 47.4 Å². The van der Waals surface area contributed by atoms with Crippen molar-refractivity contribution in [1.82, 2.24) is 4.90 Å². The van der Waals surface area contributed by atoms with Gasteiger partial charge in [0.1, 0.15) is 12.4 Å². The highest BCUT2D eigenvalue weighted by Crippen LogP contribution is 2.42. The van der Waals surface area contributed by atoms with E-state index in [1.807, 2.05) is 19.1 Å². The molecule has 2 aromatic carbocycles. The number of amides is 3. The van der Waals surface area contributed by atoms with Gasteiger partial charge in [-0.1, -0.05) is 36.7 Å². The van der Waals surface area contributed by atoms with Crippen LogP contribution in [0.2, 0.25) is 5.02 Å². The van der Waals surface area contributed by atoms with Crippen molar-refractivity contribution in [3.8, 4) is 0 Å². The molecule has 0 aliphatic carbocycles. The summed E-state index contributed by atoms with van der Waals surface area (Å²) in [5.41, 5.74) is 3.58. The summed E-state index contributed by atoms with van der Waals surface area (Å²) in [5, 5.41) is 2.28. The molecule has 188 valence electrons. The first kappa shape index (κ1) is 26.0. The third-order valence-corrected chi connectivity index (χ3v) is 7.39. The lowest BCUT2D eigenvalue weighted by molar-refractivity contribution is -0.127. The quantitative estimate of drug-likeness (QED) is 0.430. The van der Waals surface area contributed by atoms with Crippen molar-refractivity contribution < 1.29 is 18.8 Å². The summed E-state index contributed by atoms with van der Waals surface area (Å²) in [5.74, 6) is -1.87. The van der Waals surface area contributed by atoms with Crippen LogP contribution in [0.1, 0.15) is 45.2 Å². The lowest BCUT2D eigenvalue weighted by Crippen LogP contribution is -2.45. The van der Waals surface area contributed by atoms with Gasteiger partial charge in [0, 0.05) is 22.8 Å². The topological polar surface area (TPSA) is 69.7 Å². The van der Waals surface area contributed by atoms with E-state index in [2.05, 4.69) is 37.1 Å². The smallest absolute Gasteiger partial charge is 0.294 e. The molecular weight excluding hydrogens is 501 g/mol. The normalized spacial score (nSPS) is 17.9. The van der Waals surface area contributed by atoms with Crippen molar-refractivity contribution in [2.24, 2.45) is 0 Å². The zero-order valence-electron chi connectivity index (χ0n) is 20.5. The summed E-state index contributed by atoms with van der Waals surface area (Å²) in [6, 6.07) is 9.52. The summed E-state index contributed by atoms with van der Waals surface area (Å²) >= 11 is 7.39. The second-order valence-corrected chi connectivity index (χ2v) is 10.7. The first-order valence-electron chi connectivity index (χ1n) is 11.6. The molecule has 2 aliphatic heterocycles. The summed E-state index contributed by atoms with van der Waals surface area (Å²) in [7, 11) is 0. The third kappa shape index (κ3) is 5.06. The zero-order valence-corrected chi connectivity index (χ0v) is 22.1. The Kier molecular flexibility index (Phi) is 7.29. The molecule has 0 unspecified atom stereocenters. The number of hydrogen-bond donors (Lipinski definition) is 1. The molecule has 1 N–H and O–H groups in total. The summed E-state index contributed by atoms with van der Waals surface area (Å²) in [4.78, 5) is 41.2. The van der Waals surface area contributed by atoms with E-state index in [1.54, 1.807) is 12.1 Å². The van der Waals surface area contributed by atoms with E-state index in [0.717, 1.165) is 46.5 Å². The standard InChI is InChI=1S/C27H27ClFN3O3S/c1-5-10-32-22-13-19(28)17(11-18(22)16(2)14-27(32,3)4)12-23-25(34)31(26(35)36-23)15-24(33)30-21-9-7-6-8-20(21)29/h6-9,11-14H,5,10,15H2,1-4H3,(H,30,33)/b23-12+. The highest BCUT2D eigenvalue weighted by Gasteiger charge is 2.37. The van der Waals surface area contributed by atoms with E-state index in [0.29, 0.717) is 10.6 Å². The Morgan fingerprint density at radius 1 is 1.22 bits per heavy atom. The lowest BCUT2D eigenvalue weighted by Gasteiger charge is -2.43. The van der Waals surface area contributed by atoms with Crippen molar-refractivity contribution in [1.29, 1.82) is 0 Å². The number of allylic oxidation sites excluding steroid dienone is 1. The van der Waals surface area contributed by atoms with Crippen molar-refractivity contribution >= 4 is 63.4 Å². The van der Waals surface area contributed by atoms with Crippen LogP contribution in [-0.4, -0.2) is 40.6 Å². The molecule has 0 aromatic heterocycles. The van der Waals surface area contributed by atoms with Crippen LogP contribution in [0.3, 0.4) is 0 Å². The van der Waals surface area contributed by atoms with Gasteiger partial charge in [-0.15, -0.1) is 0 Å². The van der Waals surface area contributed by atoms with E-state index in [1.165, 1.54) is 18.2 Å². The highest BCUT2D eigenvalue weighted by atomic mass is 35.5. The predicted molar refractivity (Wildman–Crippen MR) is 145 cm³/mol. The Bertz CT molecular complexity index is 1320. The summed E-state index contributed by atoms with van der Waals surface area (Å²) in [6.45, 7) is 8.85. The van der Waals surface area contributed by atoms with Crippen molar-refractivity contribution in [3.63, 3.8) is 0 Å². The SMILES string of the molecule is CCCN1c2cc(Cl)c(/C=C3/SC(=O)N(CC(=O)Nc4ccccc4F)C3=O)cc2C(C)=CC1(C)C. The molecule has 0 bridgehead atoms. The van der Waals surface area contributed by atoms with Gasteiger partial charge in [-0.3, -0.25) is 19.3 Å². The molecule has 4 rings (SSSR count). The van der Waals surface area contributed by atoms with Gasteiger partial charge in [0.15, 0.2) is 0 Å². The summed E-state index contributed by atoms with van der Waals surface area (Å²) in [6.07, 6.45) is 4.77. The monoisotopic (exact) mass is 527 g/mol. The number of para-hydroxylation sites is 1. The van der Waals surface area contributed by atoms with Gasteiger partial charge in [0.2, 0.25) is 5.91 Å². The number of halogens is 2. The molecule has 2 aromatic rings. The third-order valence-electron chi connectivity index (χ3n) is 6.15. The van der Waals surface area contributed by atoms with E-state index in [4.69, 9.17) is 11.6 Å². The largest absolute Gasteiger partial charge is 0.362 e. The van der Waals surface area contributed by atoms with Crippen molar-refractivity contribution in [3.05, 3.63) is 69.3 Å². The predicted octanol–water partition coefficient (Wildman–Crippen LogP) is 6.57. The average molecular weight is 528 g/mol. The number of benzene rings is 2. The maximum Gasteiger partial charge on any atom is 0.294 e. The Hall–Kier alpha value is -3.10. The van der Waals surface area contributed by atoms with Gasteiger partial charge < -0.3 is 10.2 Å². The number of fused-ring (bicyclic) bond motifs is 1. The fourth-order valence-electron chi connectivity index (χ4n) is 4.53. The van der Waals surface area contributed by atoms with E-state index >= 15 is 0 Å². The lowest BCUT2D eigenvalue weighted by atomic mass is 9.87. The molecule has 1 saturated heterocycles. The first-order chi connectivity index (χ1) is 17.0. The maximum atomic E-state index is 13.8. The van der Waals surface area contributed by atoms with Crippen LogP contribution in [0.25, 0.3) is 11.6 Å². The molecule has 36 heavy (non-hydrogen) atoms. The number of carbonyl (C=O) groups excluding carboxylic acids is 3. The maximum absolute atomic E-state index is 13.8. The molecule has 2 aliphatic rings. The number of imide groups is 1. The molecule has 0 atom stereocenters. The highest BCUT2D eigenvalue weighted by molar-refractivity contribution is 8.18. The number of carbonyl (C=O) groups is 3. The van der Waals surface area contributed by atoms with Crippen LogP contribution < -0.4 is 10.2 Å². The van der Waals surface area contributed by atoms with E-state index in [9.17, 15) is 18.8 Å². The molecule has 6 nitrogen and oxygen atoms in total. The second kappa shape index (κ2) is 10.1. The Morgan fingerprint density at radius 3 is 2.64 bits per heavy atom. The molecule has 0 radical (unpaired) electrons. The van der Waals surface area contributed by atoms with Crippen LogP contribution in [-0.2, 0) is 9.59 Å². The van der Waals surface area contributed by atoms with Gasteiger partial charge >= 0.3 is 0 Å². The molecule has 9 heteroatoms. The van der Waals surface area contributed by atoms with E-state index in [-0.39, 0.29) is 16.1 Å². The molecule has 3 amide bonds. The molecule has 0 saturated carbocycles. The fourth-order valence-corrected chi connectivity index (χ4v) is 5.57. The van der Waals surface area contributed by atoms with E-state index < -0.39 is 29.4 Å². The van der Waals surface area contributed by atoms with Crippen LogP contribution in [0, 0.1) is 5.82 Å². The summed E-state index contributed by atoms with van der Waals surface area (Å²) < 4.78 is 13.8. The van der Waals surface area contributed by atoms with Crippen LogP contribution >= 0.6 is 23.4 Å². The molecule has 0 spiro atoms. The average Bonchev–Trinajstić information content (AvgIpc) is 3.06. The second-order valence-electron chi connectivity index (χ2n) is 9.32. The number of anilines is 2. The minimum atomic E-state index is -0.671. The molecule has 1 fully saturated rings.